The van der Waals surface area contributed by atoms with Gasteiger partial charge in [-0.25, -0.2) is 0 Å². The molecule has 0 aliphatic carbocycles. The number of carbonyl (C=O) groups excluding carboxylic acids is 1. The van der Waals surface area contributed by atoms with Crippen LogP contribution in [0, 0.1) is 0 Å². The molecule has 1 heterocycles. The quantitative estimate of drug-likeness (QED) is 0.802. The first-order valence-electron chi connectivity index (χ1n) is 5.32. The van der Waals surface area contributed by atoms with E-state index in [0.717, 1.165) is 22.9 Å². The lowest BCUT2D eigenvalue weighted by Crippen LogP contribution is -1.92. The Labute approximate surface area is 94.4 Å². The Morgan fingerprint density at radius 1 is 1.38 bits per heavy atom. The van der Waals surface area contributed by atoms with Gasteiger partial charge in [0.25, 0.3) is 0 Å². The van der Waals surface area contributed by atoms with Crippen LogP contribution < -0.4 is 4.74 Å². The van der Waals surface area contributed by atoms with Crippen molar-refractivity contribution in [3.63, 3.8) is 0 Å². The topological polar surface area (TPSA) is 42.1 Å². The van der Waals surface area contributed by atoms with Gasteiger partial charge < -0.3 is 9.72 Å². The van der Waals surface area contributed by atoms with Crippen LogP contribution in [0.1, 0.15) is 35.7 Å². The third-order valence-corrected chi connectivity index (χ3v) is 2.83. The second-order valence-electron chi connectivity index (χ2n) is 4.12. The van der Waals surface area contributed by atoms with Gasteiger partial charge in [0.1, 0.15) is 5.75 Å². The number of hydrogen-bond acceptors (Lipinski definition) is 2. The fourth-order valence-electron chi connectivity index (χ4n) is 2.01. The number of methoxy groups -OCH3 is 1. The Morgan fingerprint density at radius 2 is 2.12 bits per heavy atom. The Kier molecular flexibility index (Phi) is 2.69. The highest BCUT2D eigenvalue weighted by Crippen LogP contribution is 2.33. The predicted molar refractivity (Wildman–Crippen MR) is 64.3 cm³/mol. The maximum atomic E-state index is 11.0. The molecule has 1 N–H and O–H groups in total. The van der Waals surface area contributed by atoms with Crippen molar-refractivity contribution < 1.29 is 9.53 Å². The molecular formula is C13H15NO2. The number of H-pyrrole nitrogens is 1. The van der Waals surface area contributed by atoms with E-state index in [1.165, 1.54) is 5.56 Å². The van der Waals surface area contributed by atoms with Crippen molar-refractivity contribution in [3.8, 4) is 5.75 Å². The number of hydrogen-bond donors (Lipinski definition) is 1. The number of carbonyl (C=O) groups is 1. The monoisotopic (exact) mass is 217 g/mol. The molecule has 2 rings (SSSR count). The van der Waals surface area contributed by atoms with E-state index in [0.29, 0.717) is 11.5 Å². The van der Waals surface area contributed by atoms with E-state index in [-0.39, 0.29) is 0 Å². The van der Waals surface area contributed by atoms with Crippen LogP contribution in [0.2, 0.25) is 0 Å². The summed E-state index contributed by atoms with van der Waals surface area (Å²) in [6.07, 6.45) is 2.58. The molecule has 1 aromatic heterocycles. The molecule has 0 fully saturated rings. The number of ether oxygens (including phenoxy) is 1. The third kappa shape index (κ3) is 1.48. The molecule has 0 radical (unpaired) electrons. The van der Waals surface area contributed by atoms with Crippen LogP contribution in [0.5, 0.6) is 5.75 Å². The summed E-state index contributed by atoms with van der Waals surface area (Å²) in [6.45, 7) is 4.26. The van der Waals surface area contributed by atoms with Gasteiger partial charge in [-0.15, -0.1) is 0 Å². The highest BCUT2D eigenvalue weighted by Gasteiger charge is 2.13. The number of benzene rings is 1. The zero-order valence-electron chi connectivity index (χ0n) is 9.70. The van der Waals surface area contributed by atoms with E-state index in [2.05, 4.69) is 18.8 Å². The molecule has 2 aromatic rings. The third-order valence-electron chi connectivity index (χ3n) is 2.83. The molecule has 3 heteroatoms. The molecule has 0 saturated heterocycles. The van der Waals surface area contributed by atoms with Crippen molar-refractivity contribution >= 4 is 17.2 Å². The first-order valence-corrected chi connectivity index (χ1v) is 5.32. The highest BCUT2D eigenvalue weighted by atomic mass is 16.5. The van der Waals surface area contributed by atoms with Gasteiger partial charge >= 0.3 is 0 Å². The van der Waals surface area contributed by atoms with Gasteiger partial charge in [-0.05, 0) is 17.5 Å². The Bertz CT molecular complexity index is 526. The highest BCUT2D eigenvalue weighted by molar-refractivity contribution is 6.02. The fraction of sp³-hybridized carbons (Fsp3) is 0.308. The molecule has 0 unspecified atom stereocenters. The molecule has 0 saturated carbocycles. The molecule has 16 heavy (non-hydrogen) atoms. The summed E-state index contributed by atoms with van der Waals surface area (Å²) in [7, 11) is 1.62. The summed E-state index contributed by atoms with van der Waals surface area (Å²) < 4.78 is 5.28. The second kappa shape index (κ2) is 4.00. The maximum Gasteiger partial charge on any atom is 0.152 e. The first kappa shape index (κ1) is 10.7. The van der Waals surface area contributed by atoms with E-state index < -0.39 is 0 Å². The minimum absolute atomic E-state index is 0.409. The zero-order valence-corrected chi connectivity index (χ0v) is 9.70. The number of aromatic amines is 1. The van der Waals surface area contributed by atoms with Gasteiger partial charge in [0.2, 0.25) is 0 Å². The molecule has 0 spiro atoms. The Hall–Kier alpha value is -1.77. The van der Waals surface area contributed by atoms with Gasteiger partial charge in [-0.1, -0.05) is 19.9 Å². The van der Waals surface area contributed by atoms with E-state index >= 15 is 0 Å². The number of fused-ring (bicyclic) bond motifs is 1. The molecule has 0 bridgehead atoms. The molecular weight excluding hydrogens is 202 g/mol. The van der Waals surface area contributed by atoms with Crippen molar-refractivity contribution in [2.45, 2.75) is 19.8 Å². The minimum Gasteiger partial charge on any atom is -0.496 e. The van der Waals surface area contributed by atoms with Crippen molar-refractivity contribution in [1.82, 2.24) is 4.98 Å². The summed E-state index contributed by atoms with van der Waals surface area (Å²) in [4.78, 5) is 14.1. The Balaban J connectivity index is 2.82. The van der Waals surface area contributed by atoms with Crippen molar-refractivity contribution in [3.05, 3.63) is 29.5 Å². The molecule has 0 atom stereocenters. The largest absolute Gasteiger partial charge is 0.496 e. The number of aldehydes is 1. The molecule has 3 nitrogen and oxygen atoms in total. The lowest BCUT2D eigenvalue weighted by molar-refractivity contribution is 0.112. The predicted octanol–water partition coefficient (Wildman–Crippen LogP) is 3.11. The maximum absolute atomic E-state index is 11.0. The van der Waals surface area contributed by atoms with E-state index in [1.807, 2.05) is 12.1 Å². The lowest BCUT2D eigenvalue weighted by Gasteiger charge is -2.10. The summed E-state index contributed by atoms with van der Waals surface area (Å²) >= 11 is 0. The standard InChI is InChI=1S/C13H15NO2/c1-8(2)10-4-5-11(16-3)12-9(7-15)6-14-13(10)12/h4-8,14H,1-3H3. The SMILES string of the molecule is COc1ccc(C(C)C)c2[nH]cc(C=O)c12. The van der Waals surface area contributed by atoms with Crippen molar-refractivity contribution in [2.75, 3.05) is 7.11 Å². The number of nitrogens with one attached hydrogen (secondary N) is 1. The van der Waals surface area contributed by atoms with Crippen LogP contribution in [0.25, 0.3) is 10.9 Å². The van der Waals surface area contributed by atoms with Crippen LogP contribution in [0.4, 0.5) is 0 Å². The van der Waals surface area contributed by atoms with E-state index in [9.17, 15) is 4.79 Å². The van der Waals surface area contributed by atoms with Crippen LogP contribution in [0.15, 0.2) is 18.3 Å². The fourth-order valence-corrected chi connectivity index (χ4v) is 2.01. The number of rotatable bonds is 3. The first-order chi connectivity index (χ1) is 7.69. The summed E-state index contributed by atoms with van der Waals surface area (Å²) in [5, 5.41) is 0.878. The molecule has 0 aliphatic heterocycles. The van der Waals surface area contributed by atoms with Gasteiger partial charge in [0.15, 0.2) is 6.29 Å². The molecule has 1 aromatic carbocycles. The molecule has 0 amide bonds. The minimum atomic E-state index is 0.409. The van der Waals surface area contributed by atoms with Gasteiger partial charge in [0, 0.05) is 11.8 Å². The molecule has 84 valence electrons. The Morgan fingerprint density at radius 3 is 2.69 bits per heavy atom. The lowest BCUT2D eigenvalue weighted by atomic mass is 9.99. The van der Waals surface area contributed by atoms with E-state index in [1.54, 1.807) is 13.3 Å². The van der Waals surface area contributed by atoms with Gasteiger partial charge in [0.05, 0.1) is 18.0 Å². The van der Waals surface area contributed by atoms with Crippen molar-refractivity contribution in [1.29, 1.82) is 0 Å². The second-order valence-corrected chi connectivity index (χ2v) is 4.12. The summed E-state index contributed by atoms with van der Waals surface area (Å²) in [6, 6.07) is 3.95. The van der Waals surface area contributed by atoms with Crippen molar-refractivity contribution in [2.24, 2.45) is 0 Å². The molecule has 0 aliphatic rings. The smallest absolute Gasteiger partial charge is 0.152 e. The summed E-state index contributed by atoms with van der Waals surface area (Å²) in [5.41, 5.74) is 2.84. The van der Waals surface area contributed by atoms with Crippen LogP contribution in [0.3, 0.4) is 0 Å². The average Bonchev–Trinajstić information content (AvgIpc) is 2.71. The van der Waals surface area contributed by atoms with Gasteiger partial charge in [-0.3, -0.25) is 4.79 Å². The summed E-state index contributed by atoms with van der Waals surface area (Å²) in [5.74, 6) is 1.15. The van der Waals surface area contributed by atoms with Crippen LogP contribution in [-0.4, -0.2) is 18.4 Å². The zero-order chi connectivity index (χ0) is 11.7. The van der Waals surface area contributed by atoms with Gasteiger partial charge in [-0.2, -0.15) is 0 Å². The normalized spacial score (nSPS) is 11.0. The van der Waals surface area contributed by atoms with Crippen LogP contribution >= 0.6 is 0 Å². The van der Waals surface area contributed by atoms with E-state index in [4.69, 9.17) is 4.74 Å². The number of aromatic nitrogens is 1. The van der Waals surface area contributed by atoms with Crippen LogP contribution in [-0.2, 0) is 0 Å². The average molecular weight is 217 g/mol.